The van der Waals surface area contributed by atoms with Gasteiger partial charge >= 0.3 is 0 Å². The molecular formula is C29H27BrO2. The van der Waals surface area contributed by atoms with Gasteiger partial charge in [-0.1, -0.05) is 100 Å². The molecule has 0 spiro atoms. The Morgan fingerprint density at radius 2 is 1.69 bits per heavy atom. The maximum absolute atomic E-state index is 6.79. The van der Waals surface area contributed by atoms with E-state index in [1.165, 1.54) is 28.7 Å². The standard InChI is InChI=1S/C29H27BrO2/c30-26-13-11-22(12-14-26)28-29(17-25(29)19-32-28)27(21-9-5-2-6-10-21)31-18-24-16-23(24)15-20-7-3-1-4-8-20/h1-15,24-25,27-28H,16-19H2/b23-15+/t24?,25?,27-,28-,29?/m0/s1. The van der Waals surface area contributed by atoms with Crippen molar-refractivity contribution < 1.29 is 9.47 Å². The van der Waals surface area contributed by atoms with Crippen LogP contribution in [0.4, 0.5) is 0 Å². The van der Waals surface area contributed by atoms with Crippen molar-refractivity contribution in [2.24, 2.45) is 17.3 Å². The molecule has 3 aromatic rings. The van der Waals surface area contributed by atoms with Crippen molar-refractivity contribution in [1.82, 2.24) is 0 Å². The Morgan fingerprint density at radius 1 is 0.969 bits per heavy atom. The van der Waals surface area contributed by atoms with E-state index in [-0.39, 0.29) is 17.6 Å². The summed E-state index contributed by atoms with van der Waals surface area (Å²) in [5.41, 5.74) is 5.35. The summed E-state index contributed by atoms with van der Waals surface area (Å²) < 4.78 is 14.3. The molecule has 3 unspecified atom stereocenters. The smallest absolute Gasteiger partial charge is 0.0913 e. The maximum atomic E-state index is 6.79. The number of fused-ring (bicyclic) bond motifs is 1. The largest absolute Gasteiger partial charge is 0.373 e. The van der Waals surface area contributed by atoms with Gasteiger partial charge in [0, 0.05) is 15.8 Å². The van der Waals surface area contributed by atoms with E-state index in [1.807, 2.05) is 0 Å². The molecule has 2 aliphatic carbocycles. The molecule has 3 fully saturated rings. The average Bonchev–Trinajstić information content (AvgIpc) is 3.72. The van der Waals surface area contributed by atoms with Crippen LogP contribution < -0.4 is 0 Å². The Hall–Kier alpha value is -2.20. The molecule has 2 nitrogen and oxygen atoms in total. The summed E-state index contributed by atoms with van der Waals surface area (Å²) >= 11 is 3.56. The number of hydrogen-bond donors (Lipinski definition) is 0. The van der Waals surface area contributed by atoms with Gasteiger partial charge in [-0.3, -0.25) is 0 Å². The number of hydrogen-bond acceptors (Lipinski definition) is 2. The predicted molar refractivity (Wildman–Crippen MR) is 131 cm³/mol. The third-order valence-electron chi connectivity index (χ3n) is 7.38. The molecule has 1 aliphatic heterocycles. The van der Waals surface area contributed by atoms with Gasteiger partial charge < -0.3 is 9.47 Å². The third-order valence-corrected chi connectivity index (χ3v) is 7.91. The minimum Gasteiger partial charge on any atom is -0.373 e. The van der Waals surface area contributed by atoms with Crippen molar-refractivity contribution in [3.8, 4) is 0 Å². The number of ether oxygens (including phenoxy) is 2. The van der Waals surface area contributed by atoms with Gasteiger partial charge in [0.1, 0.15) is 0 Å². The highest BCUT2D eigenvalue weighted by atomic mass is 79.9. The molecule has 3 heteroatoms. The first kappa shape index (κ1) is 20.4. The molecule has 3 aromatic carbocycles. The molecule has 5 atom stereocenters. The van der Waals surface area contributed by atoms with Crippen LogP contribution in [0, 0.1) is 17.3 Å². The van der Waals surface area contributed by atoms with Crippen LogP contribution >= 0.6 is 15.9 Å². The zero-order valence-corrected chi connectivity index (χ0v) is 19.6. The lowest BCUT2D eigenvalue weighted by atomic mass is 9.83. The maximum Gasteiger partial charge on any atom is 0.0913 e. The summed E-state index contributed by atoms with van der Waals surface area (Å²) in [7, 11) is 0. The van der Waals surface area contributed by atoms with Gasteiger partial charge in [0.05, 0.1) is 25.4 Å². The van der Waals surface area contributed by atoms with E-state index in [0.717, 1.165) is 24.1 Å². The zero-order valence-electron chi connectivity index (χ0n) is 18.0. The van der Waals surface area contributed by atoms with Crippen molar-refractivity contribution in [2.75, 3.05) is 13.2 Å². The van der Waals surface area contributed by atoms with Crippen molar-refractivity contribution in [2.45, 2.75) is 25.0 Å². The summed E-state index contributed by atoms with van der Waals surface area (Å²) in [5.74, 6) is 1.10. The van der Waals surface area contributed by atoms with Gasteiger partial charge in [-0.15, -0.1) is 0 Å². The molecule has 1 saturated heterocycles. The van der Waals surface area contributed by atoms with Gasteiger partial charge in [0.15, 0.2) is 0 Å². The first-order chi connectivity index (χ1) is 15.7. The van der Waals surface area contributed by atoms with Gasteiger partial charge in [-0.25, -0.2) is 0 Å². The fourth-order valence-electron chi connectivity index (χ4n) is 5.51. The summed E-state index contributed by atoms with van der Waals surface area (Å²) in [4.78, 5) is 0. The van der Waals surface area contributed by atoms with Crippen LogP contribution in [0.2, 0.25) is 0 Å². The normalized spacial score (nSPS) is 30.2. The Kier molecular flexibility index (Phi) is 5.29. The second-order valence-electron chi connectivity index (χ2n) is 9.43. The molecule has 2 saturated carbocycles. The molecule has 0 bridgehead atoms. The Balaban J connectivity index is 1.24. The molecular weight excluding hydrogens is 460 g/mol. The molecule has 32 heavy (non-hydrogen) atoms. The molecule has 3 aliphatic rings. The van der Waals surface area contributed by atoms with Crippen molar-refractivity contribution in [3.63, 3.8) is 0 Å². The van der Waals surface area contributed by atoms with Crippen molar-refractivity contribution in [3.05, 3.63) is 112 Å². The van der Waals surface area contributed by atoms with Gasteiger partial charge in [0.25, 0.3) is 0 Å². The van der Waals surface area contributed by atoms with Crippen LogP contribution in [-0.2, 0) is 9.47 Å². The van der Waals surface area contributed by atoms with Crippen molar-refractivity contribution in [1.29, 1.82) is 0 Å². The minimum atomic E-state index is 0.0351. The monoisotopic (exact) mass is 486 g/mol. The van der Waals surface area contributed by atoms with Gasteiger partial charge in [-0.2, -0.15) is 0 Å². The van der Waals surface area contributed by atoms with Crippen molar-refractivity contribution >= 4 is 22.0 Å². The van der Waals surface area contributed by atoms with Crippen LogP contribution in [0.5, 0.6) is 0 Å². The van der Waals surface area contributed by atoms with Gasteiger partial charge in [-0.05, 0) is 47.6 Å². The van der Waals surface area contributed by atoms with E-state index in [2.05, 4.69) is 107 Å². The Morgan fingerprint density at radius 3 is 2.41 bits per heavy atom. The van der Waals surface area contributed by atoms with E-state index in [1.54, 1.807) is 0 Å². The SMILES string of the molecule is Brc1ccc([C@@H]2OCC3CC32[C@@H](OCC2C/C2=C\c2ccccc2)c2ccccc2)cc1. The molecule has 0 radical (unpaired) electrons. The topological polar surface area (TPSA) is 18.5 Å². The molecule has 0 aromatic heterocycles. The molecule has 0 N–H and O–H groups in total. The van der Waals surface area contributed by atoms with Crippen LogP contribution in [0.1, 0.15) is 41.7 Å². The Bertz CT molecular complexity index is 1110. The number of rotatable bonds is 7. The molecule has 162 valence electrons. The lowest BCUT2D eigenvalue weighted by Gasteiger charge is -2.32. The van der Waals surface area contributed by atoms with E-state index in [4.69, 9.17) is 9.47 Å². The van der Waals surface area contributed by atoms with E-state index in [0.29, 0.717) is 11.8 Å². The first-order valence-corrected chi connectivity index (χ1v) is 12.3. The highest BCUT2D eigenvalue weighted by Crippen LogP contribution is 2.72. The lowest BCUT2D eigenvalue weighted by molar-refractivity contribution is -0.0530. The fraction of sp³-hybridized carbons (Fsp3) is 0.310. The summed E-state index contributed by atoms with van der Waals surface area (Å²) in [6, 6.07) is 30.0. The Labute approximate surface area is 198 Å². The highest BCUT2D eigenvalue weighted by Gasteiger charge is 2.69. The van der Waals surface area contributed by atoms with E-state index >= 15 is 0 Å². The molecule has 0 amide bonds. The van der Waals surface area contributed by atoms with Crippen LogP contribution in [-0.4, -0.2) is 13.2 Å². The van der Waals surface area contributed by atoms with E-state index < -0.39 is 0 Å². The minimum absolute atomic E-state index is 0.0351. The van der Waals surface area contributed by atoms with Crippen LogP contribution in [0.15, 0.2) is 95.0 Å². The quantitative estimate of drug-likeness (QED) is 0.346. The third kappa shape index (κ3) is 3.77. The van der Waals surface area contributed by atoms with Crippen LogP contribution in [0.25, 0.3) is 6.08 Å². The molecule has 6 rings (SSSR count). The predicted octanol–water partition coefficient (Wildman–Crippen LogP) is 7.39. The second-order valence-corrected chi connectivity index (χ2v) is 10.3. The second kappa shape index (κ2) is 8.30. The highest BCUT2D eigenvalue weighted by molar-refractivity contribution is 9.10. The van der Waals surface area contributed by atoms with E-state index in [9.17, 15) is 0 Å². The number of halogens is 1. The summed E-state index contributed by atoms with van der Waals surface area (Å²) in [6.45, 7) is 1.61. The average molecular weight is 487 g/mol. The molecule has 1 heterocycles. The van der Waals surface area contributed by atoms with Crippen LogP contribution in [0.3, 0.4) is 0 Å². The first-order valence-electron chi connectivity index (χ1n) is 11.5. The fourth-order valence-corrected chi connectivity index (χ4v) is 5.77. The summed E-state index contributed by atoms with van der Waals surface area (Å²) in [5, 5.41) is 0. The lowest BCUT2D eigenvalue weighted by Crippen LogP contribution is -2.25. The number of benzene rings is 3. The zero-order chi connectivity index (χ0) is 21.5. The van der Waals surface area contributed by atoms with Gasteiger partial charge in [0.2, 0.25) is 0 Å². The summed E-state index contributed by atoms with van der Waals surface area (Å²) in [6.07, 6.45) is 4.78.